The van der Waals surface area contributed by atoms with Crippen LogP contribution in [0.15, 0.2) is 92.8 Å². The average molecular weight is 542 g/mol. The van der Waals surface area contributed by atoms with Crippen molar-refractivity contribution in [3.05, 3.63) is 88.8 Å². The molecule has 0 aliphatic heterocycles. The van der Waals surface area contributed by atoms with Gasteiger partial charge in [-0.15, -0.1) is 5.11 Å². The molecular weight excluding hydrogens is 522 g/mol. The van der Waals surface area contributed by atoms with Crippen LogP contribution in [0.25, 0.3) is 16.9 Å². The number of nitrogens with zero attached hydrogens (tertiary/aromatic N) is 6. The van der Waals surface area contributed by atoms with Gasteiger partial charge in [0.25, 0.3) is 15.6 Å². The molecule has 0 aliphatic rings. The van der Waals surface area contributed by atoms with Crippen LogP contribution in [0.3, 0.4) is 0 Å². The Morgan fingerprint density at radius 3 is 2.51 bits per heavy atom. The molecule has 0 bridgehead atoms. The third-order valence-electron chi connectivity index (χ3n) is 5.59. The summed E-state index contributed by atoms with van der Waals surface area (Å²) in [5.41, 5.74) is 6.42. The predicted octanol–water partition coefficient (Wildman–Crippen LogP) is 3.76. The van der Waals surface area contributed by atoms with Crippen molar-refractivity contribution in [3.8, 4) is 23.1 Å². The van der Waals surface area contributed by atoms with Gasteiger partial charge in [0, 0.05) is 11.8 Å². The Balaban J connectivity index is 1.52. The monoisotopic (exact) mass is 541 g/mol. The highest BCUT2D eigenvalue weighted by atomic mass is 32.2. The summed E-state index contributed by atoms with van der Waals surface area (Å²) in [6, 6.07) is 19.4. The number of H-pyrrole nitrogens is 1. The predicted molar refractivity (Wildman–Crippen MR) is 143 cm³/mol. The highest BCUT2D eigenvalue weighted by molar-refractivity contribution is 7.92. The molecule has 5 aromatic rings. The molecule has 0 unspecified atom stereocenters. The normalized spacial score (nSPS) is 11.5. The van der Waals surface area contributed by atoms with Crippen LogP contribution in [0, 0.1) is 11.3 Å². The lowest BCUT2D eigenvalue weighted by molar-refractivity contribution is 0.416. The second-order valence-corrected chi connectivity index (χ2v) is 9.68. The summed E-state index contributed by atoms with van der Waals surface area (Å²) in [5.74, 6) is 0.523. The zero-order valence-electron chi connectivity index (χ0n) is 20.2. The third-order valence-corrected chi connectivity index (χ3v) is 6.96. The Morgan fingerprint density at radius 2 is 1.82 bits per heavy atom. The minimum absolute atomic E-state index is 0.0146. The fraction of sp³-hybridized carbons (Fsp3) is 0.0400. The lowest BCUT2D eigenvalue weighted by Gasteiger charge is -2.13. The van der Waals surface area contributed by atoms with Crippen molar-refractivity contribution < 1.29 is 13.2 Å². The molecule has 0 spiro atoms. The van der Waals surface area contributed by atoms with Crippen molar-refractivity contribution in [2.75, 3.05) is 17.6 Å². The number of nitrogens with two attached hydrogens (primary N) is 1. The van der Waals surface area contributed by atoms with E-state index in [2.05, 4.69) is 30.0 Å². The van der Waals surface area contributed by atoms with Crippen molar-refractivity contribution in [3.63, 3.8) is 0 Å². The van der Waals surface area contributed by atoms with E-state index in [-0.39, 0.29) is 44.8 Å². The number of fused-ring (bicyclic) bond motifs is 1. The Labute approximate surface area is 221 Å². The largest absolute Gasteiger partial charge is 0.496 e. The maximum Gasteiger partial charge on any atom is 0.294 e. The smallest absolute Gasteiger partial charge is 0.294 e. The topological polar surface area (TPSA) is 193 Å². The standard InChI is InChI=1S/C25H19N9O4S/c1-38-19-7-3-2-6-17(19)22-18(14-26)23(27)29-24-21(25(35)32-34(22)24)31-30-15-9-11-16(12-10-15)39(36,37)33-20-8-4-5-13-28-20/h2-13H,1H3,(H2,27,29)(H,28,33)(H,32,35). The number of methoxy groups -OCH3 is 1. The number of sulfonamides is 1. The Morgan fingerprint density at radius 1 is 1.08 bits per heavy atom. The van der Waals surface area contributed by atoms with E-state index in [1.165, 1.54) is 48.2 Å². The van der Waals surface area contributed by atoms with Crippen molar-refractivity contribution in [2.24, 2.45) is 10.2 Å². The van der Waals surface area contributed by atoms with Crippen LogP contribution in [0.2, 0.25) is 0 Å². The fourth-order valence-electron chi connectivity index (χ4n) is 3.80. The molecular formula is C25H19N9O4S. The van der Waals surface area contributed by atoms with Gasteiger partial charge >= 0.3 is 0 Å². The van der Waals surface area contributed by atoms with E-state index in [0.717, 1.165) is 0 Å². The molecule has 0 amide bonds. The van der Waals surface area contributed by atoms with Crippen LogP contribution in [-0.4, -0.2) is 35.1 Å². The summed E-state index contributed by atoms with van der Waals surface area (Å²) < 4.78 is 34.4. The van der Waals surface area contributed by atoms with Gasteiger partial charge in [0.05, 0.1) is 23.4 Å². The van der Waals surface area contributed by atoms with Gasteiger partial charge in [-0.1, -0.05) is 18.2 Å². The molecule has 39 heavy (non-hydrogen) atoms. The zero-order valence-corrected chi connectivity index (χ0v) is 21.0. The molecule has 5 rings (SSSR count). The Hall–Kier alpha value is -5.55. The third kappa shape index (κ3) is 4.77. The average Bonchev–Trinajstić information content (AvgIpc) is 3.25. The Kier molecular flexibility index (Phi) is 6.49. The molecule has 3 aromatic heterocycles. The number of benzene rings is 2. The van der Waals surface area contributed by atoms with Crippen LogP contribution in [0.5, 0.6) is 5.75 Å². The number of nitrogen functional groups attached to an aromatic ring is 1. The second kappa shape index (κ2) is 10.1. The van der Waals surface area contributed by atoms with Gasteiger partial charge in [-0.05, 0) is 48.5 Å². The maximum absolute atomic E-state index is 12.8. The number of aromatic amines is 1. The SMILES string of the molecule is COc1ccccc1-c1c(C#N)c(N)nc2c(N=Nc3ccc(S(=O)(=O)Nc4ccccn4)cc3)c(=O)[nH]n12. The first kappa shape index (κ1) is 25.1. The molecule has 0 aliphatic carbocycles. The number of pyridine rings is 1. The molecule has 3 heterocycles. The maximum atomic E-state index is 12.8. The van der Waals surface area contributed by atoms with E-state index in [9.17, 15) is 18.5 Å². The van der Waals surface area contributed by atoms with E-state index >= 15 is 0 Å². The first-order chi connectivity index (χ1) is 18.8. The second-order valence-electron chi connectivity index (χ2n) is 8.00. The van der Waals surface area contributed by atoms with Gasteiger partial charge in [-0.2, -0.15) is 10.4 Å². The van der Waals surface area contributed by atoms with Crippen molar-refractivity contribution in [2.45, 2.75) is 4.90 Å². The quantitative estimate of drug-likeness (QED) is 0.259. The number of nitrogens with one attached hydrogen (secondary N) is 2. The van der Waals surface area contributed by atoms with Gasteiger partial charge < -0.3 is 10.5 Å². The van der Waals surface area contributed by atoms with Crippen LogP contribution in [-0.2, 0) is 10.0 Å². The van der Waals surface area contributed by atoms with Crippen molar-refractivity contribution in [1.82, 2.24) is 19.6 Å². The minimum Gasteiger partial charge on any atom is -0.496 e. The molecule has 0 saturated carbocycles. The van der Waals surface area contributed by atoms with Crippen molar-refractivity contribution >= 4 is 38.7 Å². The van der Waals surface area contributed by atoms with E-state index in [1.54, 1.807) is 36.4 Å². The number of hydrogen-bond donors (Lipinski definition) is 3. The van der Waals surface area contributed by atoms with E-state index in [1.807, 2.05) is 6.07 Å². The van der Waals surface area contributed by atoms with Crippen molar-refractivity contribution in [1.29, 1.82) is 5.26 Å². The number of aromatic nitrogens is 4. The molecule has 194 valence electrons. The van der Waals surface area contributed by atoms with Crippen LogP contribution < -0.4 is 20.8 Å². The van der Waals surface area contributed by atoms with Crippen LogP contribution in [0.4, 0.5) is 23.0 Å². The zero-order chi connectivity index (χ0) is 27.6. The molecule has 2 aromatic carbocycles. The molecule has 0 saturated heterocycles. The molecule has 13 nitrogen and oxygen atoms in total. The number of azo groups is 1. The Bertz CT molecular complexity index is 1930. The van der Waals surface area contributed by atoms with Crippen LogP contribution >= 0.6 is 0 Å². The van der Waals surface area contributed by atoms with Crippen LogP contribution in [0.1, 0.15) is 5.56 Å². The van der Waals surface area contributed by atoms with Gasteiger partial charge in [0.1, 0.15) is 29.0 Å². The van der Waals surface area contributed by atoms with E-state index < -0.39 is 15.6 Å². The molecule has 0 fully saturated rings. The lowest BCUT2D eigenvalue weighted by atomic mass is 10.1. The number of ether oxygens (including phenoxy) is 1. The van der Waals surface area contributed by atoms with E-state index in [4.69, 9.17) is 10.5 Å². The summed E-state index contributed by atoms with van der Waals surface area (Å²) in [7, 11) is -2.39. The number of anilines is 2. The summed E-state index contributed by atoms with van der Waals surface area (Å²) in [6.07, 6.45) is 1.47. The highest BCUT2D eigenvalue weighted by Crippen LogP contribution is 2.35. The summed E-state index contributed by atoms with van der Waals surface area (Å²) in [5, 5.41) is 20.5. The first-order valence-electron chi connectivity index (χ1n) is 11.3. The van der Waals surface area contributed by atoms with Gasteiger partial charge in [0.15, 0.2) is 11.3 Å². The number of nitriles is 1. The molecule has 0 radical (unpaired) electrons. The highest BCUT2D eigenvalue weighted by Gasteiger charge is 2.22. The molecule has 4 N–H and O–H groups in total. The molecule has 14 heteroatoms. The lowest BCUT2D eigenvalue weighted by Crippen LogP contribution is -2.13. The first-order valence-corrected chi connectivity index (χ1v) is 12.7. The number of rotatable bonds is 7. The fourth-order valence-corrected chi connectivity index (χ4v) is 4.81. The summed E-state index contributed by atoms with van der Waals surface area (Å²) >= 11 is 0. The minimum atomic E-state index is -3.88. The number of para-hydroxylation sites is 1. The summed E-state index contributed by atoms with van der Waals surface area (Å²) in [4.78, 5) is 21.0. The van der Waals surface area contributed by atoms with E-state index in [0.29, 0.717) is 11.3 Å². The summed E-state index contributed by atoms with van der Waals surface area (Å²) in [6.45, 7) is 0. The van der Waals surface area contributed by atoms with Gasteiger partial charge in [-0.25, -0.2) is 22.9 Å². The number of hydrogen-bond acceptors (Lipinski definition) is 10. The van der Waals surface area contributed by atoms with Gasteiger partial charge in [0.2, 0.25) is 0 Å². The van der Waals surface area contributed by atoms with Gasteiger partial charge in [-0.3, -0.25) is 14.6 Å². The molecule has 0 atom stereocenters.